The SMILES string of the molecule is O=C1CN(C(=O)C[NH+]2CCCCC2)c2ccccc2N1. The maximum atomic E-state index is 12.5. The van der Waals surface area contributed by atoms with Gasteiger partial charge in [-0.1, -0.05) is 12.1 Å². The number of hydrogen-bond donors (Lipinski definition) is 2. The molecule has 2 N–H and O–H groups in total. The topological polar surface area (TPSA) is 53.9 Å². The largest absolute Gasteiger partial charge is 0.327 e. The zero-order valence-corrected chi connectivity index (χ0v) is 11.5. The molecule has 0 unspecified atom stereocenters. The van der Waals surface area contributed by atoms with Crippen molar-refractivity contribution in [1.82, 2.24) is 0 Å². The van der Waals surface area contributed by atoms with E-state index in [1.165, 1.54) is 24.2 Å². The number of hydrogen-bond acceptors (Lipinski definition) is 2. The van der Waals surface area contributed by atoms with E-state index < -0.39 is 0 Å². The highest BCUT2D eigenvalue weighted by Crippen LogP contribution is 2.28. The molecule has 2 amide bonds. The lowest BCUT2D eigenvalue weighted by atomic mass is 10.1. The van der Waals surface area contributed by atoms with Gasteiger partial charge in [-0.15, -0.1) is 0 Å². The third kappa shape index (κ3) is 2.67. The summed E-state index contributed by atoms with van der Waals surface area (Å²) in [5.74, 6) is -0.0742. The first-order valence-corrected chi connectivity index (χ1v) is 7.27. The van der Waals surface area contributed by atoms with Crippen LogP contribution in [0.2, 0.25) is 0 Å². The molecule has 0 atom stereocenters. The molecular formula is C15H20N3O2+. The van der Waals surface area contributed by atoms with Crippen LogP contribution < -0.4 is 15.1 Å². The van der Waals surface area contributed by atoms with Gasteiger partial charge in [-0.3, -0.25) is 14.5 Å². The Kier molecular flexibility index (Phi) is 3.69. The number of para-hydroxylation sites is 2. The van der Waals surface area contributed by atoms with E-state index in [1.807, 2.05) is 24.3 Å². The van der Waals surface area contributed by atoms with Crippen LogP contribution in [0, 0.1) is 0 Å². The van der Waals surface area contributed by atoms with Crippen molar-refractivity contribution in [1.29, 1.82) is 0 Å². The molecular weight excluding hydrogens is 254 g/mol. The van der Waals surface area contributed by atoms with Crippen LogP contribution in [0.25, 0.3) is 0 Å². The number of amides is 2. The van der Waals surface area contributed by atoms with Crippen molar-refractivity contribution in [2.24, 2.45) is 0 Å². The van der Waals surface area contributed by atoms with Gasteiger partial charge in [0.2, 0.25) is 5.91 Å². The second-order valence-electron chi connectivity index (χ2n) is 5.53. The van der Waals surface area contributed by atoms with Crippen LogP contribution in [-0.4, -0.2) is 38.0 Å². The molecule has 0 bridgehead atoms. The first kappa shape index (κ1) is 13.1. The molecule has 0 saturated carbocycles. The average Bonchev–Trinajstić information content (AvgIpc) is 2.47. The van der Waals surface area contributed by atoms with Crippen molar-refractivity contribution >= 4 is 23.2 Å². The number of nitrogens with one attached hydrogen (secondary N) is 2. The maximum absolute atomic E-state index is 12.5. The molecule has 2 aliphatic heterocycles. The van der Waals surface area contributed by atoms with Crippen molar-refractivity contribution in [2.75, 3.05) is 36.4 Å². The maximum Gasteiger partial charge on any atom is 0.282 e. The summed E-state index contributed by atoms with van der Waals surface area (Å²) in [5.41, 5.74) is 1.54. The van der Waals surface area contributed by atoms with Crippen molar-refractivity contribution in [3.05, 3.63) is 24.3 Å². The third-order valence-electron chi connectivity index (χ3n) is 4.03. The summed E-state index contributed by atoms with van der Waals surface area (Å²) in [6, 6.07) is 7.48. The lowest BCUT2D eigenvalue weighted by molar-refractivity contribution is -0.896. The highest BCUT2D eigenvalue weighted by molar-refractivity contribution is 6.10. The Morgan fingerprint density at radius 1 is 1.20 bits per heavy atom. The minimum atomic E-state index is -0.120. The first-order valence-electron chi connectivity index (χ1n) is 7.27. The molecule has 1 fully saturated rings. The molecule has 106 valence electrons. The Morgan fingerprint density at radius 3 is 2.75 bits per heavy atom. The highest BCUT2D eigenvalue weighted by Gasteiger charge is 2.29. The van der Waals surface area contributed by atoms with Gasteiger partial charge in [0.25, 0.3) is 5.91 Å². The monoisotopic (exact) mass is 274 g/mol. The van der Waals surface area contributed by atoms with Gasteiger partial charge in [-0.05, 0) is 31.4 Å². The fourth-order valence-electron chi connectivity index (χ4n) is 2.99. The summed E-state index contributed by atoms with van der Waals surface area (Å²) in [5, 5.41) is 2.81. The van der Waals surface area contributed by atoms with E-state index in [-0.39, 0.29) is 18.4 Å². The third-order valence-corrected chi connectivity index (χ3v) is 4.03. The average molecular weight is 274 g/mol. The molecule has 5 heteroatoms. The Labute approximate surface area is 118 Å². The van der Waals surface area contributed by atoms with Gasteiger partial charge in [-0.2, -0.15) is 0 Å². The smallest absolute Gasteiger partial charge is 0.282 e. The Hall–Kier alpha value is -1.88. The van der Waals surface area contributed by atoms with Crippen molar-refractivity contribution in [3.8, 4) is 0 Å². The number of anilines is 2. The van der Waals surface area contributed by atoms with Crippen LogP contribution in [0.5, 0.6) is 0 Å². The molecule has 2 heterocycles. The van der Waals surface area contributed by atoms with Crippen LogP contribution in [0.4, 0.5) is 11.4 Å². The second-order valence-corrected chi connectivity index (χ2v) is 5.53. The number of carbonyl (C=O) groups excluding carboxylic acids is 2. The summed E-state index contributed by atoms with van der Waals surface area (Å²) in [6.07, 6.45) is 3.66. The number of quaternary nitrogens is 1. The zero-order chi connectivity index (χ0) is 13.9. The normalized spacial score (nSPS) is 19.4. The highest BCUT2D eigenvalue weighted by atomic mass is 16.2. The van der Waals surface area contributed by atoms with Crippen LogP contribution in [-0.2, 0) is 9.59 Å². The molecule has 0 aliphatic carbocycles. The van der Waals surface area contributed by atoms with Gasteiger partial charge >= 0.3 is 0 Å². The fourth-order valence-corrected chi connectivity index (χ4v) is 2.99. The van der Waals surface area contributed by atoms with Gasteiger partial charge in [0.1, 0.15) is 6.54 Å². The van der Waals surface area contributed by atoms with E-state index >= 15 is 0 Å². The molecule has 1 aromatic carbocycles. The van der Waals surface area contributed by atoms with Crippen LogP contribution in [0.3, 0.4) is 0 Å². The Balaban J connectivity index is 1.75. The van der Waals surface area contributed by atoms with E-state index in [9.17, 15) is 9.59 Å². The molecule has 1 aromatic rings. The van der Waals surface area contributed by atoms with Gasteiger partial charge in [0.05, 0.1) is 24.5 Å². The van der Waals surface area contributed by atoms with Crippen LogP contribution in [0.1, 0.15) is 19.3 Å². The molecule has 1 saturated heterocycles. The standard InChI is InChI=1S/C15H19N3O2/c19-14-10-18(13-7-3-2-6-12(13)16-14)15(20)11-17-8-4-1-5-9-17/h2-3,6-7H,1,4-5,8-11H2,(H,16,19)/p+1. The number of benzene rings is 1. The molecule has 0 radical (unpaired) electrons. The number of nitrogens with zero attached hydrogens (tertiary/aromatic N) is 1. The number of rotatable bonds is 2. The number of likely N-dealkylation sites (tertiary alicyclic amines) is 1. The van der Waals surface area contributed by atoms with Crippen molar-refractivity contribution in [2.45, 2.75) is 19.3 Å². The number of piperidine rings is 1. The Morgan fingerprint density at radius 2 is 1.95 bits per heavy atom. The molecule has 2 aliphatic rings. The van der Waals surface area contributed by atoms with Crippen molar-refractivity contribution < 1.29 is 14.5 Å². The van der Waals surface area contributed by atoms with Gasteiger partial charge < -0.3 is 10.2 Å². The fraction of sp³-hybridized carbons (Fsp3) is 0.467. The summed E-state index contributed by atoms with van der Waals surface area (Å²) in [4.78, 5) is 27.2. The zero-order valence-electron chi connectivity index (χ0n) is 11.5. The minimum absolute atomic E-state index is 0.0456. The van der Waals surface area contributed by atoms with E-state index in [0.29, 0.717) is 6.54 Å². The molecule has 0 aromatic heterocycles. The molecule has 5 nitrogen and oxygen atoms in total. The minimum Gasteiger partial charge on any atom is -0.327 e. The first-order chi connectivity index (χ1) is 9.74. The second kappa shape index (κ2) is 5.63. The predicted octanol–water partition coefficient (Wildman–Crippen LogP) is 0.0405. The van der Waals surface area contributed by atoms with E-state index in [2.05, 4.69) is 5.32 Å². The van der Waals surface area contributed by atoms with Crippen LogP contribution >= 0.6 is 0 Å². The predicted molar refractivity (Wildman–Crippen MR) is 76.8 cm³/mol. The lowest BCUT2D eigenvalue weighted by Crippen LogP contribution is -3.14. The lowest BCUT2D eigenvalue weighted by Gasteiger charge is -2.31. The van der Waals surface area contributed by atoms with Crippen LogP contribution in [0.15, 0.2) is 24.3 Å². The van der Waals surface area contributed by atoms with Gasteiger partial charge in [-0.25, -0.2) is 0 Å². The summed E-state index contributed by atoms with van der Waals surface area (Å²) >= 11 is 0. The number of fused-ring (bicyclic) bond motifs is 1. The van der Waals surface area contributed by atoms with E-state index in [1.54, 1.807) is 4.90 Å². The quantitative estimate of drug-likeness (QED) is 0.800. The summed E-state index contributed by atoms with van der Waals surface area (Å²) in [7, 11) is 0. The van der Waals surface area contributed by atoms with Gasteiger partial charge in [0, 0.05) is 0 Å². The van der Waals surface area contributed by atoms with E-state index in [0.717, 1.165) is 24.5 Å². The van der Waals surface area contributed by atoms with Gasteiger partial charge in [0.15, 0.2) is 6.54 Å². The molecule has 20 heavy (non-hydrogen) atoms. The number of carbonyl (C=O) groups is 2. The van der Waals surface area contributed by atoms with Crippen molar-refractivity contribution in [3.63, 3.8) is 0 Å². The summed E-state index contributed by atoms with van der Waals surface area (Å²) in [6.45, 7) is 2.74. The Bertz CT molecular complexity index is 524. The summed E-state index contributed by atoms with van der Waals surface area (Å²) < 4.78 is 0. The molecule has 3 rings (SSSR count). The molecule has 0 spiro atoms. The van der Waals surface area contributed by atoms with E-state index in [4.69, 9.17) is 0 Å².